The minimum Gasteiger partial charge on any atom is -0.389 e. The Kier molecular flexibility index (Phi) is 5.42. The van der Waals surface area contributed by atoms with Gasteiger partial charge in [0.05, 0.1) is 5.69 Å². The Morgan fingerprint density at radius 3 is 2.76 bits per heavy atom. The fraction of sp³-hybridized carbons (Fsp3) is 0.333. The molecule has 0 fully saturated rings. The molecule has 0 aliphatic rings. The van der Waals surface area contributed by atoms with Crippen molar-refractivity contribution < 1.29 is 4.79 Å². The Hall–Kier alpha value is -1.62. The van der Waals surface area contributed by atoms with E-state index in [9.17, 15) is 4.79 Å². The van der Waals surface area contributed by atoms with E-state index in [0.717, 1.165) is 12.8 Å². The largest absolute Gasteiger partial charge is 0.389 e. The zero-order chi connectivity index (χ0) is 12.7. The highest BCUT2D eigenvalue weighted by molar-refractivity contribution is 7.80. The monoisotopic (exact) mass is 251 g/mol. The molecule has 2 amide bonds. The van der Waals surface area contributed by atoms with Gasteiger partial charge in [-0.25, -0.2) is 4.79 Å². The summed E-state index contributed by atoms with van der Waals surface area (Å²) in [7, 11) is 0. The predicted molar refractivity (Wildman–Crippen MR) is 74.3 cm³/mol. The number of nitrogens with one attached hydrogen (secondary N) is 2. The number of hydrogen-bond donors (Lipinski definition) is 3. The van der Waals surface area contributed by atoms with Crippen LogP contribution in [0, 0.1) is 0 Å². The second-order valence-electron chi connectivity index (χ2n) is 3.64. The smallest absolute Gasteiger partial charge is 0.319 e. The molecule has 0 bridgehead atoms. The SMILES string of the molecule is CCCCNC(=O)Nc1ccccc1C(N)=S. The van der Waals surface area contributed by atoms with Crippen molar-refractivity contribution in [1.82, 2.24) is 5.32 Å². The van der Waals surface area contributed by atoms with Gasteiger partial charge in [-0.2, -0.15) is 0 Å². The Morgan fingerprint density at radius 2 is 2.12 bits per heavy atom. The van der Waals surface area contributed by atoms with Crippen LogP contribution in [0.4, 0.5) is 10.5 Å². The summed E-state index contributed by atoms with van der Waals surface area (Å²) in [4.78, 5) is 11.8. The summed E-state index contributed by atoms with van der Waals surface area (Å²) in [6, 6.07) is 6.97. The minimum atomic E-state index is -0.234. The summed E-state index contributed by atoms with van der Waals surface area (Å²) in [6.07, 6.45) is 2.01. The van der Waals surface area contributed by atoms with E-state index in [1.54, 1.807) is 12.1 Å². The van der Waals surface area contributed by atoms with E-state index in [2.05, 4.69) is 17.6 Å². The quantitative estimate of drug-likeness (QED) is 0.555. The van der Waals surface area contributed by atoms with Crippen LogP contribution >= 0.6 is 12.2 Å². The molecule has 92 valence electrons. The van der Waals surface area contributed by atoms with Gasteiger partial charge >= 0.3 is 6.03 Å². The van der Waals surface area contributed by atoms with Crippen molar-refractivity contribution in [3.63, 3.8) is 0 Å². The molecular weight excluding hydrogens is 234 g/mol. The van der Waals surface area contributed by atoms with Crippen LogP contribution in [-0.4, -0.2) is 17.6 Å². The van der Waals surface area contributed by atoms with E-state index < -0.39 is 0 Å². The lowest BCUT2D eigenvalue weighted by molar-refractivity contribution is 0.252. The third-order valence-electron chi connectivity index (χ3n) is 2.26. The second kappa shape index (κ2) is 6.85. The van der Waals surface area contributed by atoms with Crippen LogP contribution in [0.1, 0.15) is 25.3 Å². The van der Waals surface area contributed by atoms with Crippen LogP contribution in [0.15, 0.2) is 24.3 Å². The first kappa shape index (κ1) is 13.4. The molecule has 0 unspecified atom stereocenters. The molecule has 0 spiro atoms. The number of urea groups is 1. The number of carbonyl (C=O) groups is 1. The van der Waals surface area contributed by atoms with E-state index >= 15 is 0 Å². The molecule has 17 heavy (non-hydrogen) atoms. The highest BCUT2D eigenvalue weighted by Gasteiger charge is 2.07. The van der Waals surface area contributed by atoms with Crippen LogP contribution in [0.25, 0.3) is 0 Å². The van der Waals surface area contributed by atoms with E-state index in [0.29, 0.717) is 17.8 Å². The lowest BCUT2D eigenvalue weighted by Crippen LogP contribution is -2.30. The molecule has 0 aliphatic heterocycles. The third-order valence-corrected chi connectivity index (χ3v) is 2.48. The molecule has 1 rings (SSSR count). The van der Waals surface area contributed by atoms with Crippen LogP contribution in [0.5, 0.6) is 0 Å². The molecule has 4 N–H and O–H groups in total. The van der Waals surface area contributed by atoms with Crippen molar-refractivity contribution in [1.29, 1.82) is 0 Å². The maximum atomic E-state index is 11.6. The molecule has 5 heteroatoms. The average molecular weight is 251 g/mol. The first-order valence-corrected chi connectivity index (χ1v) is 5.99. The summed E-state index contributed by atoms with van der Waals surface area (Å²) in [5, 5.41) is 5.50. The molecule has 4 nitrogen and oxygen atoms in total. The van der Waals surface area contributed by atoms with Crippen molar-refractivity contribution in [2.24, 2.45) is 5.73 Å². The lowest BCUT2D eigenvalue weighted by Gasteiger charge is -2.10. The first-order chi connectivity index (χ1) is 8.15. The molecule has 1 aromatic carbocycles. The number of amides is 2. The molecule has 0 saturated heterocycles. The van der Waals surface area contributed by atoms with Crippen LogP contribution in [-0.2, 0) is 0 Å². The summed E-state index contributed by atoms with van der Waals surface area (Å²) >= 11 is 4.91. The van der Waals surface area contributed by atoms with Gasteiger partial charge in [-0.05, 0) is 18.6 Å². The van der Waals surface area contributed by atoms with Gasteiger partial charge in [-0.3, -0.25) is 0 Å². The van der Waals surface area contributed by atoms with Gasteiger partial charge in [0.1, 0.15) is 4.99 Å². The minimum absolute atomic E-state index is 0.234. The number of benzene rings is 1. The number of anilines is 1. The summed E-state index contributed by atoms with van der Waals surface area (Å²) in [5.74, 6) is 0. The van der Waals surface area contributed by atoms with Gasteiger partial charge in [0, 0.05) is 12.1 Å². The number of nitrogens with two attached hydrogens (primary N) is 1. The Labute approximate surface area is 107 Å². The molecule has 0 saturated carbocycles. The van der Waals surface area contributed by atoms with Gasteiger partial charge in [-0.15, -0.1) is 0 Å². The number of para-hydroxylation sites is 1. The van der Waals surface area contributed by atoms with E-state index in [1.165, 1.54) is 0 Å². The zero-order valence-corrected chi connectivity index (χ0v) is 10.6. The van der Waals surface area contributed by atoms with Gasteiger partial charge in [0.25, 0.3) is 0 Å². The molecule has 0 aliphatic carbocycles. The average Bonchev–Trinajstić information content (AvgIpc) is 2.29. The molecule has 0 heterocycles. The second-order valence-corrected chi connectivity index (χ2v) is 4.08. The first-order valence-electron chi connectivity index (χ1n) is 5.58. The highest BCUT2D eigenvalue weighted by atomic mass is 32.1. The maximum absolute atomic E-state index is 11.6. The molecule has 0 atom stereocenters. The lowest BCUT2D eigenvalue weighted by atomic mass is 10.2. The standard InChI is InChI=1S/C12H17N3OS/c1-2-3-8-14-12(16)15-10-7-5-4-6-9(10)11(13)17/h4-7H,2-3,8H2,1H3,(H2,13,17)(H2,14,15,16). The van der Waals surface area contributed by atoms with Gasteiger partial charge in [0.15, 0.2) is 0 Å². The molecule has 0 aromatic heterocycles. The van der Waals surface area contributed by atoms with E-state index in [-0.39, 0.29) is 11.0 Å². The Morgan fingerprint density at radius 1 is 1.41 bits per heavy atom. The van der Waals surface area contributed by atoms with E-state index in [4.69, 9.17) is 18.0 Å². The summed E-state index contributed by atoms with van der Waals surface area (Å²) in [5.41, 5.74) is 6.88. The predicted octanol–water partition coefficient (Wildman–Crippen LogP) is 2.24. The highest BCUT2D eigenvalue weighted by Crippen LogP contribution is 2.14. The van der Waals surface area contributed by atoms with E-state index in [1.807, 2.05) is 12.1 Å². The fourth-order valence-electron chi connectivity index (χ4n) is 1.35. The van der Waals surface area contributed by atoms with Crippen LogP contribution < -0.4 is 16.4 Å². The Bertz CT molecular complexity index is 406. The van der Waals surface area contributed by atoms with Crippen molar-refractivity contribution in [2.45, 2.75) is 19.8 Å². The van der Waals surface area contributed by atoms with Gasteiger partial charge in [-0.1, -0.05) is 37.7 Å². The molecule has 0 radical (unpaired) electrons. The van der Waals surface area contributed by atoms with Crippen LogP contribution in [0.2, 0.25) is 0 Å². The number of carbonyl (C=O) groups excluding carboxylic acids is 1. The molecular formula is C12H17N3OS. The normalized spacial score (nSPS) is 9.71. The summed E-state index contributed by atoms with van der Waals surface area (Å²) < 4.78 is 0. The maximum Gasteiger partial charge on any atom is 0.319 e. The number of rotatable bonds is 5. The third kappa shape index (κ3) is 4.40. The van der Waals surface area contributed by atoms with Crippen LogP contribution in [0.3, 0.4) is 0 Å². The van der Waals surface area contributed by atoms with Crippen molar-refractivity contribution in [3.05, 3.63) is 29.8 Å². The zero-order valence-electron chi connectivity index (χ0n) is 9.82. The van der Waals surface area contributed by atoms with Crippen molar-refractivity contribution >= 4 is 28.9 Å². The summed E-state index contributed by atoms with van der Waals surface area (Å²) in [6.45, 7) is 2.74. The van der Waals surface area contributed by atoms with Crippen molar-refractivity contribution in [2.75, 3.05) is 11.9 Å². The van der Waals surface area contributed by atoms with Gasteiger partial charge in [0.2, 0.25) is 0 Å². The molecule has 1 aromatic rings. The van der Waals surface area contributed by atoms with Gasteiger partial charge < -0.3 is 16.4 Å². The topological polar surface area (TPSA) is 67.2 Å². The number of unbranched alkanes of at least 4 members (excludes halogenated alkanes) is 1. The fourth-order valence-corrected chi connectivity index (χ4v) is 1.53. The Balaban J connectivity index is 2.61. The number of hydrogen-bond acceptors (Lipinski definition) is 2. The van der Waals surface area contributed by atoms with Crippen molar-refractivity contribution in [3.8, 4) is 0 Å². The number of thiocarbonyl (C=S) groups is 1.